The minimum Gasteiger partial charge on any atom is -0.368 e. The molecule has 0 spiro atoms. The molecule has 4 amide bonds. The van der Waals surface area contributed by atoms with E-state index < -0.39 is 29.7 Å². The molecule has 1 fully saturated rings. The predicted molar refractivity (Wildman–Crippen MR) is 121 cm³/mol. The summed E-state index contributed by atoms with van der Waals surface area (Å²) >= 11 is 0. The monoisotopic (exact) mass is 476 g/mol. The number of imide groups is 2. The van der Waals surface area contributed by atoms with Gasteiger partial charge in [0.2, 0.25) is 11.8 Å². The van der Waals surface area contributed by atoms with Gasteiger partial charge in [0, 0.05) is 13.5 Å². The van der Waals surface area contributed by atoms with Crippen molar-refractivity contribution < 1.29 is 23.6 Å². The van der Waals surface area contributed by atoms with Crippen molar-refractivity contribution in [2.75, 3.05) is 11.9 Å². The Hall–Kier alpha value is -4.41. The van der Waals surface area contributed by atoms with Crippen LogP contribution in [0, 0.1) is 5.82 Å². The lowest BCUT2D eigenvalue weighted by Crippen LogP contribution is -2.54. The highest BCUT2D eigenvalue weighted by atomic mass is 19.1. The molecule has 3 heterocycles. The molecule has 0 saturated carbocycles. The molecule has 1 N–H and O–H groups in total. The number of benzene rings is 2. The van der Waals surface area contributed by atoms with Gasteiger partial charge in [0.1, 0.15) is 17.6 Å². The maximum atomic E-state index is 13.3. The van der Waals surface area contributed by atoms with Crippen molar-refractivity contribution in [2.24, 2.45) is 0 Å². The number of aromatic nitrogens is 3. The molecule has 2 aliphatic rings. The first-order valence-corrected chi connectivity index (χ1v) is 11.0. The number of rotatable bonds is 6. The van der Waals surface area contributed by atoms with Crippen LogP contribution in [0.3, 0.4) is 0 Å². The molecular formula is C24H21FN6O4. The van der Waals surface area contributed by atoms with E-state index >= 15 is 0 Å². The van der Waals surface area contributed by atoms with Gasteiger partial charge in [0.05, 0.1) is 36.1 Å². The minimum atomic E-state index is -1.02. The van der Waals surface area contributed by atoms with E-state index in [-0.39, 0.29) is 29.8 Å². The number of hydrogen-bond acceptors (Lipinski definition) is 7. The van der Waals surface area contributed by atoms with E-state index in [1.165, 1.54) is 12.1 Å². The van der Waals surface area contributed by atoms with Crippen molar-refractivity contribution in [3.63, 3.8) is 0 Å². The second-order valence-corrected chi connectivity index (χ2v) is 8.54. The van der Waals surface area contributed by atoms with Gasteiger partial charge in [-0.25, -0.2) is 9.07 Å². The Balaban J connectivity index is 1.35. The first-order valence-electron chi connectivity index (χ1n) is 11.0. The van der Waals surface area contributed by atoms with Crippen molar-refractivity contribution >= 4 is 29.3 Å². The van der Waals surface area contributed by atoms with Crippen LogP contribution >= 0.6 is 0 Å². The second-order valence-electron chi connectivity index (χ2n) is 8.54. The maximum absolute atomic E-state index is 13.3. The summed E-state index contributed by atoms with van der Waals surface area (Å²) in [6, 6.07) is 10.0. The molecular weight excluding hydrogens is 455 g/mol. The molecule has 0 bridgehead atoms. The zero-order valence-electron chi connectivity index (χ0n) is 18.8. The third-order valence-corrected chi connectivity index (χ3v) is 6.10. The fourth-order valence-electron chi connectivity index (χ4n) is 4.41. The highest BCUT2D eigenvalue weighted by Crippen LogP contribution is 2.34. The second kappa shape index (κ2) is 8.75. The van der Waals surface area contributed by atoms with Gasteiger partial charge in [0.15, 0.2) is 0 Å². The highest BCUT2D eigenvalue weighted by Gasteiger charge is 2.45. The molecule has 0 aliphatic carbocycles. The van der Waals surface area contributed by atoms with Crippen LogP contribution < -0.4 is 10.2 Å². The van der Waals surface area contributed by atoms with Gasteiger partial charge in [0.25, 0.3) is 11.8 Å². The van der Waals surface area contributed by atoms with E-state index in [0.717, 1.165) is 10.5 Å². The minimum absolute atomic E-state index is 0.0597. The molecule has 0 radical (unpaired) electrons. The van der Waals surface area contributed by atoms with E-state index in [1.807, 2.05) is 0 Å². The van der Waals surface area contributed by atoms with Gasteiger partial charge in [-0.2, -0.15) is 0 Å². The van der Waals surface area contributed by atoms with Crippen LogP contribution in [0.1, 0.15) is 44.8 Å². The fraction of sp³-hybridized carbons (Fsp3) is 0.250. The van der Waals surface area contributed by atoms with Crippen molar-refractivity contribution in [3.8, 4) is 0 Å². The summed E-state index contributed by atoms with van der Waals surface area (Å²) < 4.78 is 14.8. The van der Waals surface area contributed by atoms with Crippen LogP contribution in [-0.4, -0.2) is 56.6 Å². The Morgan fingerprint density at radius 1 is 1.09 bits per heavy atom. The lowest BCUT2D eigenvalue weighted by molar-refractivity contribution is -0.136. The van der Waals surface area contributed by atoms with Crippen LogP contribution in [0.2, 0.25) is 0 Å². The molecule has 1 saturated heterocycles. The fourth-order valence-corrected chi connectivity index (χ4v) is 4.41. The number of nitrogens with one attached hydrogen (secondary N) is 1. The van der Waals surface area contributed by atoms with E-state index in [9.17, 15) is 23.6 Å². The summed E-state index contributed by atoms with van der Waals surface area (Å²) in [5.41, 5.74) is 2.44. The first-order chi connectivity index (χ1) is 16.8. The number of fused-ring (bicyclic) bond motifs is 1. The van der Waals surface area contributed by atoms with Crippen molar-refractivity contribution in [1.29, 1.82) is 0 Å². The SMILES string of the molecule is CN(Cc1cn(Cc2ccc(F)cc2)nn1)c1cccc2c1C(=O)N(C1CCC(=O)NC1=O)C2=O. The van der Waals surface area contributed by atoms with Crippen molar-refractivity contribution in [2.45, 2.75) is 32.0 Å². The van der Waals surface area contributed by atoms with Gasteiger partial charge in [-0.15, -0.1) is 5.10 Å². The molecule has 2 aliphatic heterocycles. The van der Waals surface area contributed by atoms with Crippen LogP contribution in [-0.2, 0) is 22.7 Å². The quantitative estimate of drug-likeness (QED) is 0.536. The molecule has 35 heavy (non-hydrogen) atoms. The number of carbonyl (C=O) groups is 4. The topological polar surface area (TPSA) is 118 Å². The highest BCUT2D eigenvalue weighted by molar-refractivity contribution is 6.25. The van der Waals surface area contributed by atoms with E-state index in [2.05, 4.69) is 15.6 Å². The standard InChI is InChI=1S/C24H21FN6O4/c1-29(12-16-13-30(28-27-16)11-14-5-7-15(25)8-6-14)18-4-2-3-17-21(18)24(35)31(23(17)34)19-9-10-20(32)26-22(19)33/h2-8,13,19H,9-12H2,1H3,(H,26,32,33). The Morgan fingerprint density at radius 2 is 1.86 bits per heavy atom. The summed E-state index contributed by atoms with van der Waals surface area (Å²) in [6.07, 6.45) is 1.91. The third-order valence-electron chi connectivity index (χ3n) is 6.10. The first kappa shape index (κ1) is 22.4. The van der Waals surface area contributed by atoms with Crippen molar-refractivity contribution in [3.05, 3.63) is 76.9 Å². The van der Waals surface area contributed by atoms with Crippen LogP contribution in [0.4, 0.5) is 10.1 Å². The molecule has 5 rings (SSSR count). The van der Waals surface area contributed by atoms with Crippen LogP contribution in [0.5, 0.6) is 0 Å². The number of carbonyl (C=O) groups excluding carboxylic acids is 4. The maximum Gasteiger partial charge on any atom is 0.264 e. The largest absolute Gasteiger partial charge is 0.368 e. The van der Waals surface area contributed by atoms with Gasteiger partial charge in [-0.05, 0) is 36.2 Å². The smallest absolute Gasteiger partial charge is 0.264 e. The van der Waals surface area contributed by atoms with Gasteiger partial charge >= 0.3 is 0 Å². The molecule has 10 nitrogen and oxygen atoms in total. The summed E-state index contributed by atoms with van der Waals surface area (Å²) in [5.74, 6) is -2.50. The lowest BCUT2D eigenvalue weighted by atomic mass is 10.0. The molecule has 11 heteroatoms. The molecule has 2 aromatic carbocycles. The number of halogens is 1. The molecule has 1 unspecified atom stereocenters. The molecule has 3 aromatic rings. The van der Waals surface area contributed by atoms with Gasteiger partial charge in [-0.1, -0.05) is 23.4 Å². The zero-order valence-corrected chi connectivity index (χ0v) is 18.8. The number of amides is 4. The van der Waals surface area contributed by atoms with Crippen LogP contribution in [0.25, 0.3) is 0 Å². The van der Waals surface area contributed by atoms with E-state index in [1.54, 1.807) is 53.2 Å². The predicted octanol–water partition coefficient (Wildman–Crippen LogP) is 1.50. The average Bonchev–Trinajstić information content (AvgIpc) is 3.37. The molecule has 1 atom stereocenters. The Labute approximate surface area is 199 Å². The Bertz CT molecular complexity index is 1350. The van der Waals surface area contributed by atoms with E-state index in [0.29, 0.717) is 24.5 Å². The number of hydrogen-bond donors (Lipinski definition) is 1. The Morgan fingerprint density at radius 3 is 2.60 bits per heavy atom. The van der Waals surface area contributed by atoms with Gasteiger partial charge < -0.3 is 4.90 Å². The zero-order chi connectivity index (χ0) is 24.7. The lowest BCUT2D eigenvalue weighted by Gasteiger charge is -2.28. The third kappa shape index (κ3) is 4.16. The van der Waals surface area contributed by atoms with Crippen LogP contribution in [0.15, 0.2) is 48.7 Å². The van der Waals surface area contributed by atoms with Gasteiger partial charge in [-0.3, -0.25) is 29.4 Å². The average molecular weight is 476 g/mol. The molecule has 1 aromatic heterocycles. The number of nitrogens with zero attached hydrogens (tertiary/aromatic N) is 5. The van der Waals surface area contributed by atoms with Crippen molar-refractivity contribution in [1.82, 2.24) is 25.2 Å². The summed E-state index contributed by atoms with van der Waals surface area (Å²) in [4.78, 5) is 52.9. The van der Waals surface area contributed by atoms with E-state index in [4.69, 9.17) is 0 Å². The Kier molecular flexibility index (Phi) is 5.59. The summed E-state index contributed by atoms with van der Waals surface area (Å²) in [5, 5.41) is 10.5. The summed E-state index contributed by atoms with van der Waals surface area (Å²) in [7, 11) is 1.76. The molecule has 178 valence electrons. The number of piperidine rings is 1. The normalized spacial score (nSPS) is 17.5. The number of anilines is 1. The summed E-state index contributed by atoms with van der Waals surface area (Å²) in [6.45, 7) is 0.728.